The minimum Gasteiger partial charge on any atom is -0.352 e. The molecule has 0 atom stereocenters. The van der Waals surface area contributed by atoms with Crippen molar-refractivity contribution in [1.82, 2.24) is 20.2 Å². The highest BCUT2D eigenvalue weighted by Crippen LogP contribution is 2.10. The standard InChI is InChI=1S/C23H29N5/c1-4-21-10-5-6-11-22(21)16-27-23(24-3)26-15-19-8-7-9-20(14-19)17-28-13-12-25-18(28)2/h5-14H,4,15-17H2,1-3H3,(H2,24,26,27). The van der Waals surface area contributed by atoms with Gasteiger partial charge >= 0.3 is 0 Å². The van der Waals surface area contributed by atoms with E-state index in [1.807, 2.05) is 19.3 Å². The third-order valence-electron chi connectivity index (χ3n) is 4.90. The van der Waals surface area contributed by atoms with Gasteiger partial charge in [0.1, 0.15) is 5.82 Å². The van der Waals surface area contributed by atoms with Crippen molar-refractivity contribution in [2.75, 3.05) is 7.05 Å². The normalized spacial score (nSPS) is 11.5. The maximum atomic E-state index is 4.35. The monoisotopic (exact) mass is 375 g/mol. The zero-order valence-corrected chi connectivity index (χ0v) is 16.9. The van der Waals surface area contributed by atoms with Crippen LogP contribution in [0.25, 0.3) is 0 Å². The molecular weight excluding hydrogens is 346 g/mol. The Bertz CT molecular complexity index is 926. The molecule has 0 saturated heterocycles. The molecule has 0 fully saturated rings. The van der Waals surface area contributed by atoms with Gasteiger partial charge in [0, 0.05) is 39.1 Å². The second-order valence-corrected chi connectivity index (χ2v) is 6.82. The number of rotatable bonds is 7. The highest BCUT2D eigenvalue weighted by molar-refractivity contribution is 5.79. The third-order valence-corrected chi connectivity index (χ3v) is 4.90. The molecule has 0 saturated carbocycles. The molecule has 0 aliphatic rings. The summed E-state index contributed by atoms with van der Waals surface area (Å²) in [5, 5.41) is 6.83. The Morgan fingerprint density at radius 1 is 1.00 bits per heavy atom. The number of aryl methyl sites for hydroxylation is 2. The summed E-state index contributed by atoms with van der Waals surface area (Å²) in [6.07, 6.45) is 4.89. The lowest BCUT2D eigenvalue weighted by molar-refractivity contribution is 0.757. The first-order valence-electron chi connectivity index (χ1n) is 9.76. The molecule has 0 bridgehead atoms. The van der Waals surface area contributed by atoms with E-state index < -0.39 is 0 Å². The van der Waals surface area contributed by atoms with Gasteiger partial charge < -0.3 is 15.2 Å². The molecule has 1 heterocycles. The van der Waals surface area contributed by atoms with Crippen LogP contribution < -0.4 is 10.6 Å². The average Bonchev–Trinajstić information content (AvgIpc) is 3.13. The average molecular weight is 376 g/mol. The van der Waals surface area contributed by atoms with Gasteiger partial charge in [0.15, 0.2) is 5.96 Å². The van der Waals surface area contributed by atoms with Gasteiger partial charge in [-0.15, -0.1) is 0 Å². The predicted octanol–water partition coefficient (Wildman–Crippen LogP) is 3.67. The van der Waals surface area contributed by atoms with E-state index in [0.717, 1.165) is 37.8 Å². The molecule has 5 nitrogen and oxygen atoms in total. The van der Waals surface area contributed by atoms with E-state index in [4.69, 9.17) is 0 Å². The van der Waals surface area contributed by atoms with Crippen molar-refractivity contribution in [3.8, 4) is 0 Å². The molecule has 0 radical (unpaired) electrons. The molecule has 28 heavy (non-hydrogen) atoms. The van der Waals surface area contributed by atoms with Crippen molar-refractivity contribution in [3.05, 3.63) is 89.0 Å². The first-order chi connectivity index (χ1) is 13.7. The summed E-state index contributed by atoms with van der Waals surface area (Å²) in [5.41, 5.74) is 5.17. The van der Waals surface area contributed by atoms with Crippen LogP contribution in [-0.2, 0) is 26.1 Å². The van der Waals surface area contributed by atoms with E-state index in [0.29, 0.717) is 0 Å². The van der Waals surface area contributed by atoms with E-state index in [9.17, 15) is 0 Å². The Balaban J connectivity index is 1.56. The zero-order chi connectivity index (χ0) is 19.8. The number of benzene rings is 2. The molecule has 0 amide bonds. The molecule has 2 N–H and O–H groups in total. The van der Waals surface area contributed by atoms with Gasteiger partial charge in [0.05, 0.1) is 0 Å². The summed E-state index contributed by atoms with van der Waals surface area (Å²) in [6.45, 7) is 6.54. The number of nitrogens with one attached hydrogen (secondary N) is 2. The number of hydrogen-bond donors (Lipinski definition) is 2. The minimum atomic E-state index is 0.728. The summed E-state index contributed by atoms with van der Waals surface area (Å²) < 4.78 is 2.15. The van der Waals surface area contributed by atoms with Crippen LogP contribution >= 0.6 is 0 Å². The fourth-order valence-corrected chi connectivity index (χ4v) is 3.27. The molecule has 0 unspecified atom stereocenters. The SMILES string of the molecule is CCc1ccccc1CNC(=NC)NCc1cccc(Cn2ccnc2C)c1. The van der Waals surface area contributed by atoms with Gasteiger partial charge in [0.2, 0.25) is 0 Å². The minimum absolute atomic E-state index is 0.728. The lowest BCUT2D eigenvalue weighted by Gasteiger charge is -2.14. The van der Waals surface area contributed by atoms with E-state index in [2.05, 4.69) is 80.6 Å². The van der Waals surface area contributed by atoms with E-state index in [1.54, 1.807) is 7.05 Å². The molecule has 2 aromatic carbocycles. The van der Waals surface area contributed by atoms with Crippen molar-refractivity contribution >= 4 is 5.96 Å². The predicted molar refractivity (Wildman–Crippen MR) is 115 cm³/mol. The van der Waals surface area contributed by atoms with Gasteiger partial charge in [-0.1, -0.05) is 55.5 Å². The van der Waals surface area contributed by atoms with Crippen molar-refractivity contribution in [3.63, 3.8) is 0 Å². The highest BCUT2D eigenvalue weighted by Gasteiger charge is 2.04. The number of nitrogens with zero attached hydrogens (tertiary/aromatic N) is 3. The number of guanidine groups is 1. The van der Waals surface area contributed by atoms with Crippen molar-refractivity contribution in [2.45, 2.75) is 39.9 Å². The lowest BCUT2D eigenvalue weighted by atomic mass is 10.1. The van der Waals surface area contributed by atoms with Gasteiger partial charge in [-0.05, 0) is 35.6 Å². The first-order valence-corrected chi connectivity index (χ1v) is 9.76. The molecular formula is C23H29N5. The number of imidazole rings is 1. The summed E-state index contributed by atoms with van der Waals surface area (Å²) in [6, 6.07) is 17.1. The van der Waals surface area contributed by atoms with Crippen molar-refractivity contribution in [1.29, 1.82) is 0 Å². The molecule has 1 aromatic heterocycles. The zero-order valence-electron chi connectivity index (χ0n) is 16.9. The summed E-state index contributed by atoms with van der Waals surface area (Å²) >= 11 is 0. The fourth-order valence-electron chi connectivity index (χ4n) is 3.27. The largest absolute Gasteiger partial charge is 0.352 e. The van der Waals surface area contributed by atoms with Gasteiger partial charge in [-0.25, -0.2) is 4.98 Å². The van der Waals surface area contributed by atoms with Crippen molar-refractivity contribution in [2.24, 2.45) is 4.99 Å². The Labute approximate surface area is 167 Å². The van der Waals surface area contributed by atoms with Gasteiger partial charge in [-0.3, -0.25) is 4.99 Å². The second kappa shape index (κ2) is 9.74. The van der Waals surface area contributed by atoms with Crippen LogP contribution in [0.5, 0.6) is 0 Å². The molecule has 3 aromatic rings. The Morgan fingerprint density at radius 3 is 2.46 bits per heavy atom. The topological polar surface area (TPSA) is 54.2 Å². The number of aliphatic imine (C=N–C) groups is 1. The van der Waals surface area contributed by atoms with Gasteiger partial charge in [-0.2, -0.15) is 0 Å². The molecule has 0 aliphatic carbocycles. The first kappa shape index (κ1) is 19.7. The van der Waals surface area contributed by atoms with Gasteiger partial charge in [0.25, 0.3) is 0 Å². The van der Waals surface area contributed by atoms with Crippen LogP contribution in [0.3, 0.4) is 0 Å². The maximum Gasteiger partial charge on any atom is 0.191 e. The van der Waals surface area contributed by atoms with E-state index in [1.165, 1.54) is 22.3 Å². The summed E-state index contributed by atoms with van der Waals surface area (Å²) in [4.78, 5) is 8.64. The van der Waals surface area contributed by atoms with E-state index in [-0.39, 0.29) is 0 Å². The Kier molecular flexibility index (Phi) is 6.84. The Morgan fingerprint density at radius 2 is 1.75 bits per heavy atom. The van der Waals surface area contributed by atoms with Crippen LogP contribution in [0.15, 0.2) is 65.9 Å². The third kappa shape index (κ3) is 5.22. The highest BCUT2D eigenvalue weighted by atomic mass is 15.2. The van der Waals surface area contributed by atoms with Crippen LogP contribution in [-0.4, -0.2) is 22.6 Å². The molecule has 0 aliphatic heterocycles. The molecule has 0 spiro atoms. The molecule has 146 valence electrons. The second-order valence-electron chi connectivity index (χ2n) is 6.82. The van der Waals surface area contributed by atoms with Crippen LogP contribution in [0.2, 0.25) is 0 Å². The fraction of sp³-hybridized carbons (Fsp3) is 0.304. The maximum absolute atomic E-state index is 4.35. The smallest absolute Gasteiger partial charge is 0.191 e. The van der Waals surface area contributed by atoms with Crippen LogP contribution in [0.4, 0.5) is 0 Å². The van der Waals surface area contributed by atoms with Crippen molar-refractivity contribution < 1.29 is 0 Å². The summed E-state index contributed by atoms with van der Waals surface area (Å²) in [7, 11) is 1.80. The quantitative estimate of drug-likeness (QED) is 0.489. The summed E-state index contributed by atoms with van der Waals surface area (Å²) in [5.74, 6) is 1.84. The van der Waals surface area contributed by atoms with E-state index >= 15 is 0 Å². The van der Waals surface area contributed by atoms with Crippen LogP contribution in [0, 0.1) is 6.92 Å². The lowest BCUT2D eigenvalue weighted by Crippen LogP contribution is -2.36. The molecule has 3 rings (SSSR count). The molecule has 5 heteroatoms. The number of aromatic nitrogens is 2. The van der Waals surface area contributed by atoms with Crippen LogP contribution in [0.1, 0.15) is 35.0 Å². The number of hydrogen-bond acceptors (Lipinski definition) is 2. The Hall–Kier alpha value is -3.08.